The van der Waals surface area contributed by atoms with Gasteiger partial charge in [0.1, 0.15) is 23.0 Å². The predicted octanol–water partition coefficient (Wildman–Crippen LogP) is 3.97. The molecule has 0 bridgehead atoms. The van der Waals surface area contributed by atoms with Crippen LogP contribution in [0.5, 0.6) is 0 Å². The van der Waals surface area contributed by atoms with Gasteiger partial charge in [-0.2, -0.15) is 0 Å². The summed E-state index contributed by atoms with van der Waals surface area (Å²) >= 11 is 0. The first kappa shape index (κ1) is 19.8. The minimum atomic E-state index is -0.536. The summed E-state index contributed by atoms with van der Waals surface area (Å²) in [4.78, 5) is 22.5. The normalized spacial score (nSPS) is 13.4. The van der Waals surface area contributed by atoms with Gasteiger partial charge in [-0.1, -0.05) is 42.5 Å². The number of carbonyl (C=O) groups is 1. The Labute approximate surface area is 174 Å². The number of nitrogens with two attached hydrogens (primary N) is 1. The van der Waals surface area contributed by atoms with Crippen molar-refractivity contribution in [1.29, 1.82) is 0 Å². The molecule has 0 spiro atoms. The second-order valence-electron chi connectivity index (χ2n) is 7.27. The molecule has 30 heavy (non-hydrogen) atoms. The monoisotopic (exact) mass is 404 g/mol. The van der Waals surface area contributed by atoms with Crippen LogP contribution < -0.4 is 5.73 Å². The molecule has 2 atom stereocenters. The predicted molar refractivity (Wildman–Crippen MR) is 116 cm³/mol. The number of hydrogen-bond donors (Lipinski definition) is 1. The van der Waals surface area contributed by atoms with Gasteiger partial charge in [0.2, 0.25) is 0 Å². The fourth-order valence-electron chi connectivity index (χ4n) is 3.67. The maximum atomic E-state index is 13.0. The molecule has 154 valence electrons. The van der Waals surface area contributed by atoms with Crippen molar-refractivity contribution in [3.05, 3.63) is 65.7 Å². The van der Waals surface area contributed by atoms with Crippen molar-refractivity contribution >= 4 is 34.0 Å². The van der Waals surface area contributed by atoms with Gasteiger partial charge in [0.05, 0.1) is 23.7 Å². The summed E-state index contributed by atoms with van der Waals surface area (Å²) in [6.45, 7) is 4.08. The molecule has 0 amide bonds. The average Bonchev–Trinajstić information content (AvgIpc) is 3.03. The number of nitrogen functional groups attached to an aromatic ring is 1. The molecule has 7 nitrogen and oxygen atoms in total. The second kappa shape index (κ2) is 8.12. The highest BCUT2D eigenvalue weighted by atomic mass is 16.6. The maximum absolute atomic E-state index is 13.0. The number of hydrogen-bond acceptors (Lipinski definition) is 6. The van der Waals surface area contributed by atoms with E-state index in [-0.39, 0.29) is 17.4 Å². The van der Waals surface area contributed by atoms with Crippen LogP contribution in [-0.2, 0) is 9.47 Å². The number of nitrogens with zero attached hydrogens (tertiary/aromatic N) is 3. The summed E-state index contributed by atoms with van der Waals surface area (Å²) in [5, 5.41) is 0. The van der Waals surface area contributed by atoms with Crippen LogP contribution in [0.2, 0.25) is 0 Å². The van der Waals surface area contributed by atoms with Crippen LogP contribution in [0.3, 0.4) is 0 Å². The Morgan fingerprint density at radius 3 is 2.33 bits per heavy atom. The van der Waals surface area contributed by atoms with Crippen molar-refractivity contribution in [2.75, 3.05) is 19.5 Å². The number of carbonyl (C=O) groups excluding carboxylic acids is 1. The topological polar surface area (TPSA) is 92.3 Å². The first-order valence-corrected chi connectivity index (χ1v) is 9.82. The zero-order valence-corrected chi connectivity index (χ0v) is 17.2. The molecule has 0 saturated carbocycles. The van der Waals surface area contributed by atoms with E-state index in [0.717, 1.165) is 11.1 Å². The third kappa shape index (κ3) is 3.48. The molecule has 4 aromatic rings. The first-order valence-electron chi connectivity index (χ1n) is 9.82. The quantitative estimate of drug-likeness (QED) is 0.489. The van der Waals surface area contributed by atoms with Crippen LogP contribution >= 0.6 is 0 Å². The molecule has 0 unspecified atom stereocenters. The average molecular weight is 404 g/mol. The van der Waals surface area contributed by atoms with Crippen molar-refractivity contribution in [2.24, 2.45) is 0 Å². The number of rotatable bonds is 6. The summed E-state index contributed by atoms with van der Waals surface area (Å²) in [7, 11) is 1.56. The van der Waals surface area contributed by atoms with Gasteiger partial charge in [-0.05, 0) is 31.5 Å². The molecule has 0 saturated heterocycles. The van der Waals surface area contributed by atoms with E-state index in [1.807, 2.05) is 66.1 Å². The van der Waals surface area contributed by atoms with Crippen molar-refractivity contribution in [3.63, 3.8) is 0 Å². The summed E-state index contributed by atoms with van der Waals surface area (Å²) in [6.07, 6.45) is -0.416. The zero-order valence-electron chi connectivity index (χ0n) is 17.2. The van der Waals surface area contributed by atoms with Gasteiger partial charge in [0, 0.05) is 7.11 Å². The van der Waals surface area contributed by atoms with Crippen molar-refractivity contribution in [2.45, 2.75) is 26.0 Å². The molecule has 0 aliphatic heterocycles. The summed E-state index contributed by atoms with van der Waals surface area (Å²) in [5.74, 6) is -0.253. The standard InChI is InChI=1S/C23H24N4O3/c1-14(13-29-3)30-23(28)19-20-22(26-18-12-8-7-11-17(18)25-20)27(21(19)24)15(2)16-9-5-4-6-10-16/h4-12,14-15H,13,24H2,1-3H3/t14-,15+/m0/s1. The summed E-state index contributed by atoms with van der Waals surface area (Å²) in [6, 6.07) is 17.3. The van der Waals surface area contributed by atoms with E-state index >= 15 is 0 Å². The largest absolute Gasteiger partial charge is 0.456 e. The molecule has 7 heteroatoms. The Kier molecular flexibility index (Phi) is 5.37. The lowest BCUT2D eigenvalue weighted by Crippen LogP contribution is -2.20. The van der Waals surface area contributed by atoms with Crippen LogP contribution in [0.4, 0.5) is 5.82 Å². The minimum Gasteiger partial charge on any atom is -0.456 e. The van der Waals surface area contributed by atoms with Gasteiger partial charge in [-0.3, -0.25) is 0 Å². The summed E-state index contributed by atoms with van der Waals surface area (Å²) in [5.41, 5.74) is 10.2. The van der Waals surface area contributed by atoms with Gasteiger partial charge in [0.15, 0.2) is 5.65 Å². The molecule has 2 N–H and O–H groups in total. The maximum Gasteiger partial charge on any atom is 0.344 e. The number of para-hydroxylation sites is 2. The van der Waals surface area contributed by atoms with Crippen molar-refractivity contribution in [3.8, 4) is 0 Å². The van der Waals surface area contributed by atoms with Crippen LogP contribution in [0, 0.1) is 0 Å². The Morgan fingerprint density at radius 2 is 1.67 bits per heavy atom. The SMILES string of the molecule is COC[C@H](C)OC(=O)c1c(N)n([C@H](C)c2ccccc2)c2nc3ccccc3nc12. The molecular formula is C23H24N4O3. The number of methoxy groups -OCH3 is 1. The van der Waals surface area contributed by atoms with Crippen molar-refractivity contribution < 1.29 is 14.3 Å². The third-order valence-electron chi connectivity index (χ3n) is 5.12. The molecule has 0 aliphatic carbocycles. The smallest absolute Gasteiger partial charge is 0.344 e. The van der Waals surface area contributed by atoms with Gasteiger partial charge in [-0.15, -0.1) is 0 Å². The van der Waals surface area contributed by atoms with Crippen molar-refractivity contribution in [1.82, 2.24) is 14.5 Å². The van der Waals surface area contributed by atoms with E-state index in [2.05, 4.69) is 0 Å². The molecule has 4 rings (SSSR count). The van der Waals surface area contributed by atoms with E-state index < -0.39 is 12.1 Å². The van der Waals surface area contributed by atoms with Crippen LogP contribution in [0.25, 0.3) is 22.2 Å². The zero-order chi connectivity index (χ0) is 21.3. The van der Waals surface area contributed by atoms with Gasteiger partial charge < -0.3 is 19.8 Å². The molecule has 0 aliphatic rings. The highest BCUT2D eigenvalue weighted by Gasteiger charge is 2.28. The van der Waals surface area contributed by atoms with Gasteiger partial charge >= 0.3 is 5.97 Å². The number of anilines is 1. The summed E-state index contributed by atoms with van der Waals surface area (Å²) < 4.78 is 12.5. The number of ether oxygens (including phenoxy) is 2. The highest BCUT2D eigenvalue weighted by molar-refractivity contribution is 6.08. The molecule has 0 radical (unpaired) electrons. The number of aromatic nitrogens is 3. The fourth-order valence-corrected chi connectivity index (χ4v) is 3.67. The van der Waals surface area contributed by atoms with E-state index in [1.54, 1.807) is 14.0 Å². The minimum absolute atomic E-state index is 0.151. The number of esters is 1. The highest BCUT2D eigenvalue weighted by Crippen LogP contribution is 2.33. The number of benzene rings is 2. The van der Waals surface area contributed by atoms with E-state index in [4.69, 9.17) is 25.2 Å². The lowest BCUT2D eigenvalue weighted by Gasteiger charge is -2.17. The first-order chi connectivity index (χ1) is 14.5. The molecule has 2 aromatic heterocycles. The lowest BCUT2D eigenvalue weighted by molar-refractivity contribution is 0.0123. The van der Waals surface area contributed by atoms with E-state index in [0.29, 0.717) is 23.3 Å². The van der Waals surface area contributed by atoms with Gasteiger partial charge in [0.25, 0.3) is 0 Å². The Hall–Kier alpha value is -3.45. The molecule has 2 aromatic carbocycles. The lowest BCUT2D eigenvalue weighted by atomic mass is 10.1. The molecular weight excluding hydrogens is 380 g/mol. The Bertz CT molecular complexity index is 1200. The van der Waals surface area contributed by atoms with E-state index in [1.165, 1.54) is 0 Å². The third-order valence-corrected chi connectivity index (χ3v) is 5.12. The fraction of sp³-hybridized carbons (Fsp3) is 0.261. The number of fused-ring (bicyclic) bond motifs is 2. The molecule has 0 fully saturated rings. The van der Waals surface area contributed by atoms with Crippen LogP contribution in [0.1, 0.15) is 35.8 Å². The van der Waals surface area contributed by atoms with E-state index in [9.17, 15) is 4.79 Å². The van der Waals surface area contributed by atoms with Gasteiger partial charge in [-0.25, -0.2) is 14.8 Å². The molecule has 2 heterocycles. The van der Waals surface area contributed by atoms with Crippen LogP contribution in [-0.4, -0.2) is 40.3 Å². The van der Waals surface area contributed by atoms with Crippen LogP contribution in [0.15, 0.2) is 54.6 Å². The second-order valence-corrected chi connectivity index (χ2v) is 7.27. The Balaban J connectivity index is 1.93. The Morgan fingerprint density at radius 1 is 1.03 bits per heavy atom.